The number of amides is 1. The monoisotopic (exact) mass is 407 g/mol. The van der Waals surface area contributed by atoms with Crippen molar-refractivity contribution in [3.8, 4) is 11.4 Å². The molecule has 0 atom stereocenters. The van der Waals surface area contributed by atoms with E-state index in [1.807, 2.05) is 30.5 Å². The van der Waals surface area contributed by atoms with Gasteiger partial charge >= 0.3 is 0 Å². The van der Waals surface area contributed by atoms with E-state index in [0.717, 1.165) is 49.8 Å². The molecular weight excluding hydrogens is 378 g/mol. The molecule has 3 aromatic heterocycles. The van der Waals surface area contributed by atoms with Crippen molar-refractivity contribution in [2.45, 2.75) is 31.7 Å². The molecule has 2 fully saturated rings. The first-order chi connectivity index (χ1) is 14.8. The number of morpholine rings is 1. The second-order valence-corrected chi connectivity index (χ2v) is 8.23. The van der Waals surface area contributed by atoms with Crippen LogP contribution in [-0.4, -0.2) is 64.4 Å². The molecule has 3 aromatic rings. The van der Waals surface area contributed by atoms with Gasteiger partial charge in [0.1, 0.15) is 5.69 Å². The van der Waals surface area contributed by atoms with Crippen LogP contribution in [0.5, 0.6) is 0 Å². The van der Waals surface area contributed by atoms with Gasteiger partial charge in [0.05, 0.1) is 36.0 Å². The van der Waals surface area contributed by atoms with E-state index in [0.29, 0.717) is 18.2 Å². The Kier molecular flexibility index (Phi) is 5.55. The Balaban J connectivity index is 1.35. The molecule has 1 amide bonds. The molecule has 1 saturated heterocycles. The Labute approximate surface area is 176 Å². The summed E-state index contributed by atoms with van der Waals surface area (Å²) < 4.78 is 9.56. The molecule has 7 nitrogen and oxygen atoms in total. The Morgan fingerprint density at radius 1 is 1.13 bits per heavy atom. The molecule has 1 aliphatic heterocycles. The molecule has 0 unspecified atom stereocenters. The summed E-state index contributed by atoms with van der Waals surface area (Å²) in [4.78, 5) is 15.3. The lowest BCUT2D eigenvalue weighted by Gasteiger charge is -2.26. The summed E-state index contributed by atoms with van der Waals surface area (Å²) in [6, 6.07) is 10.5. The smallest absolute Gasteiger partial charge is 0.253 e. The lowest BCUT2D eigenvalue weighted by Crippen LogP contribution is -2.41. The molecule has 30 heavy (non-hydrogen) atoms. The highest BCUT2D eigenvalue weighted by molar-refractivity contribution is 6.02. The number of nitrogens with one attached hydrogen (secondary N) is 1. The highest BCUT2D eigenvalue weighted by atomic mass is 16.5. The van der Waals surface area contributed by atoms with Crippen molar-refractivity contribution in [1.82, 2.24) is 24.4 Å². The van der Waals surface area contributed by atoms with Crippen LogP contribution < -0.4 is 5.32 Å². The summed E-state index contributed by atoms with van der Waals surface area (Å²) >= 11 is 0. The molecule has 0 aromatic carbocycles. The lowest BCUT2D eigenvalue weighted by atomic mass is 10.2. The lowest BCUT2D eigenvalue weighted by molar-refractivity contribution is 0.0383. The van der Waals surface area contributed by atoms with Gasteiger partial charge in [0.15, 0.2) is 0 Å². The Bertz CT molecular complexity index is 1010. The topological polar surface area (TPSA) is 63.8 Å². The summed E-state index contributed by atoms with van der Waals surface area (Å²) in [5.41, 5.74) is 3.48. The zero-order valence-corrected chi connectivity index (χ0v) is 17.3. The van der Waals surface area contributed by atoms with Gasteiger partial charge in [-0.3, -0.25) is 14.4 Å². The third-order valence-electron chi connectivity index (χ3n) is 6.31. The number of nitrogens with zero attached hydrogens (tertiary/aromatic N) is 4. The number of aromatic nitrogens is 3. The minimum Gasteiger partial charge on any atom is -0.379 e. The third-order valence-corrected chi connectivity index (χ3v) is 6.31. The molecule has 0 spiro atoms. The predicted molar refractivity (Wildman–Crippen MR) is 116 cm³/mol. The fraction of sp³-hybridized carbons (Fsp3) is 0.478. The highest BCUT2D eigenvalue weighted by Crippen LogP contribution is 2.31. The minimum atomic E-state index is -0.0339. The van der Waals surface area contributed by atoms with E-state index in [-0.39, 0.29) is 5.91 Å². The second kappa shape index (κ2) is 8.62. The van der Waals surface area contributed by atoms with Crippen LogP contribution in [-0.2, 0) is 4.74 Å². The van der Waals surface area contributed by atoms with Crippen molar-refractivity contribution in [2.75, 3.05) is 39.4 Å². The fourth-order valence-corrected chi connectivity index (χ4v) is 4.63. The van der Waals surface area contributed by atoms with Gasteiger partial charge in [-0.2, -0.15) is 5.10 Å². The largest absolute Gasteiger partial charge is 0.379 e. The van der Waals surface area contributed by atoms with Crippen molar-refractivity contribution >= 4 is 11.4 Å². The van der Waals surface area contributed by atoms with Crippen LogP contribution in [0.25, 0.3) is 16.9 Å². The zero-order valence-electron chi connectivity index (χ0n) is 17.3. The number of carbonyl (C=O) groups is 1. The van der Waals surface area contributed by atoms with Gasteiger partial charge in [-0.25, -0.2) is 0 Å². The zero-order chi connectivity index (χ0) is 20.3. The summed E-state index contributed by atoms with van der Waals surface area (Å²) in [6.07, 6.45) is 9.05. The van der Waals surface area contributed by atoms with Gasteiger partial charge in [0.2, 0.25) is 0 Å². The first-order valence-electron chi connectivity index (χ1n) is 11.0. The van der Waals surface area contributed by atoms with Gasteiger partial charge < -0.3 is 14.5 Å². The van der Waals surface area contributed by atoms with E-state index in [9.17, 15) is 4.79 Å². The van der Waals surface area contributed by atoms with Crippen molar-refractivity contribution in [3.63, 3.8) is 0 Å². The first kappa shape index (κ1) is 19.3. The average molecular weight is 408 g/mol. The highest BCUT2D eigenvalue weighted by Gasteiger charge is 2.21. The maximum atomic E-state index is 13.0. The van der Waals surface area contributed by atoms with Crippen LogP contribution in [0.2, 0.25) is 0 Å². The SMILES string of the molecule is O=C(NCCN1CCOCC1)c1cc(-c2ccn(C3CCCC3)n2)n2ccccc12. The number of carbonyl (C=O) groups excluding carboxylic acids is 1. The number of hydrogen-bond donors (Lipinski definition) is 1. The molecule has 5 rings (SSSR count). The number of fused-ring (bicyclic) bond motifs is 1. The van der Waals surface area contributed by atoms with E-state index < -0.39 is 0 Å². The number of pyridine rings is 1. The van der Waals surface area contributed by atoms with Crippen molar-refractivity contribution in [2.24, 2.45) is 0 Å². The molecular formula is C23H29N5O2. The number of rotatable bonds is 6. The molecule has 0 radical (unpaired) electrons. The van der Waals surface area contributed by atoms with E-state index >= 15 is 0 Å². The van der Waals surface area contributed by atoms with Gasteiger partial charge in [-0.1, -0.05) is 18.9 Å². The number of ether oxygens (including phenoxy) is 1. The third kappa shape index (κ3) is 3.87. The van der Waals surface area contributed by atoms with Crippen LogP contribution in [0.15, 0.2) is 42.7 Å². The molecule has 7 heteroatoms. The van der Waals surface area contributed by atoms with E-state index in [1.54, 1.807) is 0 Å². The van der Waals surface area contributed by atoms with Crippen molar-refractivity contribution in [1.29, 1.82) is 0 Å². The van der Waals surface area contributed by atoms with Crippen LogP contribution in [0.4, 0.5) is 0 Å². The van der Waals surface area contributed by atoms with E-state index in [4.69, 9.17) is 9.84 Å². The molecule has 158 valence electrons. The molecule has 1 aliphatic carbocycles. The average Bonchev–Trinajstić information content (AvgIpc) is 3.53. The van der Waals surface area contributed by atoms with Gasteiger partial charge in [0, 0.05) is 38.6 Å². The molecule has 1 N–H and O–H groups in total. The minimum absolute atomic E-state index is 0.0339. The van der Waals surface area contributed by atoms with Crippen LogP contribution in [0.3, 0.4) is 0 Å². The molecule has 0 bridgehead atoms. The standard InChI is InChI=1S/C23H29N5O2/c29-23(24-9-12-26-13-15-30-16-14-26)19-17-22(27-10-4-3-7-21(19)27)20-8-11-28(25-20)18-5-1-2-6-18/h3-4,7-8,10-11,17-18H,1-2,5-6,9,12-16H2,(H,24,29). The molecule has 2 aliphatic rings. The first-order valence-corrected chi connectivity index (χ1v) is 11.0. The van der Waals surface area contributed by atoms with E-state index in [1.165, 1.54) is 25.7 Å². The fourth-order valence-electron chi connectivity index (χ4n) is 4.63. The van der Waals surface area contributed by atoms with Gasteiger partial charge in [-0.05, 0) is 37.1 Å². The van der Waals surface area contributed by atoms with Gasteiger partial charge in [0.25, 0.3) is 5.91 Å². The summed E-state index contributed by atoms with van der Waals surface area (Å²) in [5, 5.41) is 7.95. The maximum absolute atomic E-state index is 13.0. The van der Waals surface area contributed by atoms with Gasteiger partial charge in [-0.15, -0.1) is 0 Å². The van der Waals surface area contributed by atoms with Crippen molar-refractivity contribution < 1.29 is 9.53 Å². The van der Waals surface area contributed by atoms with Crippen LogP contribution >= 0.6 is 0 Å². The summed E-state index contributed by atoms with van der Waals surface area (Å²) in [6.45, 7) is 4.88. The molecule has 1 saturated carbocycles. The predicted octanol–water partition coefficient (Wildman–Crippen LogP) is 2.98. The maximum Gasteiger partial charge on any atom is 0.253 e. The van der Waals surface area contributed by atoms with Crippen molar-refractivity contribution in [3.05, 3.63) is 48.3 Å². The molecule has 4 heterocycles. The summed E-state index contributed by atoms with van der Waals surface area (Å²) in [7, 11) is 0. The van der Waals surface area contributed by atoms with E-state index in [2.05, 4.69) is 31.6 Å². The second-order valence-electron chi connectivity index (χ2n) is 8.23. The Hall–Kier alpha value is -2.64. The van der Waals surface area contributed by atoms with Crippen LogP contribution in [0.1, 0.15) is 42.1 Å². The quantitative estimate of drug-likeness (QED) is 0.682. The Morgan fingerprint density at radius 3 is 2.80 bits per heavy atom. The summed E-state index contributed by atoms with van der Waals surface area (Å²) in [5.74, 6) is -0.0339. The number of hydrogen-bond acceptors (Lipinski definition) is 4. The Morgan fingerprint density at radius 2 is 1.97 bits per heavy atom. The van der Waals surface area contributed by atoms with Crippen LogP contribution in [0, 0.1) is 0 Å². The normalized spacial score (nSPS) is 18.3.